The van der Waals surface area contributed by atoms with Crippen LogP contribution in [0.1, 0.15) is 24.3 Å². The first-order valence-electron chi connectivity index (χ1n) is 8.72. The van der Waals surface area contributed by atoms with Crippen molar-refractivity contribution in [1.82, 2.24) is 9.55 Å². The monoisotopic (exact) mass is 420 g/mol. The summed E-state index contributed by atoms with van der Waals surface area (Å²) in [7, 11) is 0. The number of nitrogens with zero attached hydrogens (tertiary/aromatic N) is 1. The van der Waals surface area contributed by atoms with Gasteiger partial charge in [0.15, 0.2) is 11.4 Å². The number of ether oxygens (including phenoxy) is 1. The number of rotatable bonds is 5. The van der Waals surface area contributed by atoms with Gasteiger partial charge in [-0.15, -0.1) is 0 Å². The van der Waals surface area contributed by atoms with Gasteiger partial charge < -0.3 is 20.1 Å². The third-order valence-electron chi connectivity index (χ3n) is 5.12. The minimum absolute atomic E-state index is 0.0734. The Morgan fingerprint density at radius 1 is 1.34 bits per heavy atom. The Morgan fingerprint density at radius 2 is 1.97 bits per heavy atom. The molecule has 10 heteroatoms. The van der Waals surface area contributed by atoms with E-state index in [1.807, 2.05) is 0 Å². The Kier molecular flexibility index (Phi) is 5.41. The van der Waals surface area contributed by atoms with Crippen molar-refractivity contribution in [2.45, 2.75) is 37.4 Å². The summed E-state index contributed by atoms with van der Waals surface area (Å²) < 4.78 is 6.34. The van der Waals surface area contributed by atoms with Gasteiger partial charge in [-0.3, -0.25) is 19.1 Å². The fourth-order valence-electron chi connectivity index (χ4n) is 3.51. The minimum Gasteiger partial charge on any atom is -0.384 e. The molecule has 154 valence electrons. The van der Waals surface area contributed by atoms with Crippen LogP contribution < -0.4 is 5.69 Å². The van der Waals surface area contributed by atoms with Crippen LogP contribution >= 0.6 is 12.2 Å². The van der Waals surface area contributed by atoms with E-state index in [1.54, 1.807) is 18.2 Å². The van der Waals surface area contributed by atoms with Crippen LogP contribution in [-0.4, -0.2) is 54.7 Å². The fourth-order valence-corrected chi connectivity index (χ4v) is 3.76. The molecule has 2 heterocycles. The molecule has 0 aliphatic carbocycles. The smallest absolute Gasteiger partial charge is 0.329 e. The van der Waals surface area contributed by atoms with Crippen molar-refractivity contribution in [3.8, 4) is 0 Å². The maximum Gasteiger partial charge on any atom is 0.329 e. The highest BCUT2D eigenvalue weighted by Crippen LogP contribution is 2.41. The number of aromatic nitrogens is 2. The average Bonchev–Trinajstić information content (AvgIpc) is 2.94. The molecule has 29 heavy (non-hydrogen) atoms. The Bertz CT molecular complexity index is 1080. The summed E-state index contributed by atoms with van der Waals surface area (Å²) in [4.78, 5) is 40.4. The van der Waals surface area contributed by atoms with Crippen molar-refractivity contribution in [1.29, 1.82) is 0 Å². The number of aliphatic hydroxyl groups excluding tert-OH is 2. The van der Waals surface area contributed by atoms with Gasteiger partial charge in [-0.25, -0.2) is 4.79 Å². The molecular weight excluding hydrogens is 400 g/mol. The second kappa shape index (κ2) is 7.39. The van der Waals surface area contributed by atoms with Crippen molar-refractivity contribution in [3.05, 3.63) is 62.8 Å². The molecule has 0 saturated carbocycles. The SMILES string of the molecule is CC(=O)[C@]1(O)CO[C@](C(=O)C(O)c2ccccc2)(n2c(C)cc(=S)[nH]c2=O)[C@H]1O. The number of carbonyl (C=O) groups is 2. The van der Waals surface area contributed by atoms with Gasteiger partial charge in [0.25, 0.3) is 0 Å². The molecule has 3 rings (SSSR count). The van der Waals surface area contributed by atoms with Gasteiger partial charge in [0.2, 0.25) is 11.5 Å². The van der Waals surface area contributed by atoms with Crippen LogP contribution in [0.2, 0.25) is 0 Å². The van der Waals surface area contributed by atoms with Gasteiger partial charge in [0.1, 0.15) is 16.8 Å². The number of aromatic amines is 1. The van der Waals surface area contributed by atoms with Crippen molar-refractivity contribution >= 4 is 23.8 Å². The molecule has 1 aromatic heterocycles. The number of hydrogen-bond donors (Lipinski definition) is 4. The summed E-state index contributed by atoms with van der Waals surface area (Å²) in [6.45, 7) is 1.71. The van der Waals surface area contributed by atoms with Gasteiger partial charge in [0, 0.05) is 5.69 Å². The highest BCUT2D eigenvalue weighted by Gasteiger charge is 2.66. The summed E-state index contributed by atoms with van der Waals surface area (Å²) >= 11 is 4.96. The lowest BCUT2D eigenvalue weighted by atomic mass is 9.84. The molecule has 1 fully saturated rings. The molecule has 4 N–H and O–H groups in total. The average molecular weight is 420 g/mol. The van der Waals surface area contributed by atoms with Crippen molar-refractivity contribution < 1.29 is 29.6 Å². The summed E-state index contributed by atoms with van der Waals surface area (Å²) in [5.41, 5.74) is -5.61. The minimum atomic E-state index is -2.56. The summed E-state index contributed by atoms with van der Waals surface area (Å²) in [5.74, 6) is -1.98. The molecule has 0 amide bonds. The van der Waals surface area contributed by atoms with Gasteiger partial charge in [0.05, 0.1) is 6.61 Å². The molecule has 1 unspecified atom stereocenters. The highest BCUT2D eigenvalue weighted by molar-refractivity contribution is 7.71. The van der Waals surface area contributed by atoms with E-state index >= 15 is 0 Å². The van der Waals surface area contributed by atoms with E-state index in [0.717, 1.165) is 11.5 Å². The summed E-state index contributed by atoms with van der Waals surface area (Å²) in [5, 5.41) is 32.3. The molecule has 1 aliphatic rings. The lowest BCUT2D eigenvalue weighted by molar-refractivity contribution is -0.179. The van der Waals surface area contributed by atoms with Gasteiger partial charge in [-0.1, -0.05) is 42.5 Å². The van der Waals surface area contributed by atoms with Crippen LogP contribution in [0.25, 0.3) is 0 Å². The largest absolute Gasteiger partial charge is 0.384 e. The predicted octanol–water partition coefficient (Wildman–Crippen LogP) is -0.119. The number of aliphatic hydroxyl groups is 3. The molecule has 1 saturated heterocycles. The van der Waals surface area contributed by atoms with Crippen molar-refractivity contribution in [2.75, 3.05) is 6.61 Å². The summed E-state index contributed by atoms with van der Waals surface area (Å²) in [6.07, 6.45) is -3.98. The zero-order valence-electron chi connectivity index (χ0n) is 15.7. The van der Waals surface area contributed by atoms with Gasteiger partial charge in [-0.05, 0) is 25.5 Å². The first-order chi connectivity index (χ1) is 13.6. The molecule has 4 atom stereocenters. The van der Waals surface area contributed by atoms with E-state index in [9.17, 15) is 29.7 Å². The van der Waals surface area contributed by atoms with E-state index in [0.29, 0.717) is 0 Å². The number of aryl methyl sites for hydroxylation is 1. The van der Waals surface area contributed by atoms with Crippen molar-refractivity contribution in [3.63, 3.8) is 0 Å². The van der Waals surface area contributed by atoms with E-state index in [2.05, 4.69) is 4.98 Å². The van der Waals surface area contributed by atoms with Gasteiger partial charge in [-0.2, -0.15) is 0 Å². The molecule has 2 aromatic rings. The number of benzene rings is 1. The topological polar surface area (TPSA) is 142 Å². The Labute approximate surface area is 170 Å². The lowest BCUT2D eigenvalue weighted by Crippen LogP contribution is -2.62. The molecular formula is C19H20N2O7S. The second-order valence-corrected chi connectivity index (χ2v) is 7.40. The normalized spacial score (nSPS) is 27.6. The van der Waals surface area contributed by atoms with Crippen molar-refractivity contribution in [2.24, 2.45) is 0 Å². The third kappa shape index (κ3) is 3.18. The summed E-state index contributed by atoms with van der Waals surface area (Å²) in [6, 6.07) is 9.16. The van der Waals surface area contributed by atoms with Crippen LogP contribution in [-0.2, 0) is 20.1 Å². The Morgan fingerprint density at radius 3 is 2.48 bits per heavy atom. The number of nitrogens with one attached hydrogen (secondary N) is 1. The molecule has 0 bridgehead atoms. The quantitative estimate of drug-likeness (QED) is 0.491. The highest BCUT2D eigenvalue weighted by atomic mass is 32.1. The number of Topliss-reactive ketones (excluding diaryl/α,β-unsaturated/α-hetero) is 2. The maximum absolute atomic E-state index is 13.4. The predicted molar refractivity (Wildman–Crippen MR) is 103 cm³/mol. The zero-order valence-corrected chi connectivity index (χ0v) is 16.5. The van der Waals surface area contributed by atoms with E-state index in [4.69, 9.17) is 17.0 Å². The lowest BCUT2D eigenvalue weighted by Gasteiger charge is -2.36. The zero-order chi connectivity index (χ0) is 21.6. The molecule has 9 nitrogen and oxygen atoms in total. The third-order valence-corrected chi connectivity index (χ3v) is 5.34. The number of hydrogen-bond acceptors (Lipinski definition) is 8. The van der Waals surface area contributed by atoms with Crippen LogP contribution in [0.15, 0.2) is 41.2 Å². The molecule has 1 aliphatic heterocycles. The standard InChI is InChI=1S/C19H20N2O7S/c1-10-8-13(29)20-17(26)21(10)19(16(25)18(27,9-28-19)11(2)22)15(24)14(23)12-6-4-3-5-7-12/h3-8,14,16,23,25,27H,9H2,1-2H3,(H,20,26,29)/t14?,16-,18+,19-/m0/s1. The van der Waals surface area contributed by atoms with E-state index in [-0.39, 0.29) is 15.9 Å². The molecule has 1 aromatic carbocycles. The fraction of sp³-hybridized carbons (Fsp3) is 0.368. The molecule has 0 spiro atoms. The second-order valence-electron chi connectivity index (χ2n) is 6.96. The first kappa shape index (κ1) is 21.2. The number of carbonyl (C=O) groups excluding carboxylic acids is 2. The Hall–Kier alpha value is -2.50. The van der Waals surface area contributed by atoms with Crippen LogP contribution in [0, 0.1) is 11.6 Å². The number of ketones is 2. The van der Waals surface area contributed by atoms with Crippen LogP contribution in [0.3, 0.4) is 0 Å². The number of H-pyrrole nitrogens is 1. The van der Waals surface area contributed by atoms with Crippen LogP contribution in [0.4, 0.5) is 0 Å². The van der Waals surface area contributed by atoms with Crippen LogP contribution in [0.5, 0.6) is 0 Å². The molecule has 0 radical (unpaired) electrons. The van der Waals surface area contributed by atoms with E-state index in [1.165, 1.54) is 25.1 Å². The first-order valence-corrected chi connectivity index (χ1v) is 9.12. The Balaban J connectivity index is 2.27. The van der Waals surface area contributed by atoms with E-state index < -0.39 is 47.4 Å². The maximum atomic E-state index is 13.4. The van der Waals surface area contributed by atoms with Gasteiger partial charge >= 0.3 is 5.69 Å².